The van der Waals surface area contributed by atoms with Crippen LogP contribution in [0.25, 0.3) is 0 Å². The van der Waals surface area contributed by atoms with Gasteiger partial charge in [-0.05, 0) is 70.6 Å². The Labute approximate surface area is 429 Å². The summed E-state index contributed by atoms with van der Waals surface area (Å²) in [7, 11) is 0. The van der Waals surface area contributed by atoms with Gasteiger partial charge in [0.25, 0.3) is 5.91 Å². The van der Waals surface area contributed by atoms with Crippen molar-refractivity contribution in [2.45, 2.75) is 233 Å². The number of hydrogen-bond donors (Lipinski definition) is 1. The molecule has 13 heteroatoms. The zero-order chi connectivity index (χ0) is 51.2. The molecule has 0 aliphatic heterocycles. The Morgan fingerprint density at radius 2 is 0.757 bits per heavy atom. The smallest absolute Gasteiger partial charge is 0.308 e. The second-order valence-electron chi connectivity index (χ2n) is 19.2. The van der Waals surface area contributed by atoms with Crippen molar-refractivity contribution in [3.05, 3.63) is 0 Å². The van der Waals surface area contributed by atoms with E-state index < -0.39 is 6.10 Å². The summed E-state index contributed by atoms with van der Waals surface area (Å²) in [6.07, 6.45) is 30.5. The third-order valence-electron chi connectivity index (χ3n) is 12.8. The van der Waals surface area contributed by atoms with E-state index in [2.05, 4.69) is 34.6 Å². The number of aliphatic hydroxyl groups is 1. The summed E-state index contributed by atoms with van der Waals surface area (Å²) >= 11 is 0. The summed E-state index contributed by atoms with van der Waals surface area (Å²) in [6.45, 7) is 17.5. The van der Waals surface area contributed by atoms with Gasteiger partial charge < -0.3 is 47.9 Å². The van der Waals surface area contributed by atoms with Crippen LogP contribution < -0.4 is 0 Å². The second kappa shape index (κ2) is 54.9. The van der Waals surface area contributed by atoms with Crippen LogP contribution in [-0.4, -0.2) is 140 Å². The number of ether oxygens (including phenoxy) is 8. The molecule has 13 nitrogen and oxygen atoms in total. The van der Waals surface area contributed by atoms with Crippen LogP contribution >= 0.6 is 0 Å². The molecule has 0 radical (unpaired) electrons. The monoisotopic (exact) mass is 1000 g/mol. The lowest BCUT2D eigenvalue weighted by atomic mass is 9.95. The summed E-state index contributed by atoms with van der Waals surface area (Å²) < 4.78 is 46.3. The fourth-order valence-electron chi connectivity index (χ4n) is 8.32. The highest BCUT2D eigenvalue weighted by Crippen LogP contribution is 2.21. The molecule has 1 amide bonds. The van der Waals surface area contributed by atoms with Crippen LogP contribution in [0.2, 0.25) is 0 Å². The third kappa shape index (κ3) is 43.7. The second-order valence-corrected chi connectivity index (χ2v) is 19.2. The van der Waals surface area contributed by atoms with E-state index in [1.807, 2.05) is 4.90 Å². The van der Waals surface area contributed by atoms with E-state index in [1.165, 1.54) is 57.8 Å². The number of rotatable bonds is 57. The zero-order valence-corrected chi connectivity index (χ0v) is 46.1. The summed E-state index contributed by atoms with van der Waals surface area (Å²) in [5.74, 6) is -0.0663. The molecule has 0 aliphatic rings. The average Bonchev–Trinajstić information content (AvgIpc) is 3.36. The lowest BCUT2D eigenvalue weighted by Gasteiger charge is -2.28. The first-order chi connectivity index (χ1) is 34.4. The highest BCUT2D eigenvalue weighted by atomic mass is 16.6. The Morgan fingerprint density at radius 3 is 1.24 bits per heavy atom. The number of carbonyl (C=O) groups excluding carboxylic acids is 3. The summed E-state index contributed by atoms with van der Waals surface area (Å²) in [5.41, 5.74) is 0. The van der Waals surface area contributed by atoms with Crippen molar-refractivity contribution in [2.24, 2.45) is 11.8 Å². The maximum Gasteiger partial charge on any atom is 0.308 e. The molecule has 0 aromatic heterocycles. The topological polar surface area (TPSA) is 149 Å². The van der Waals surface area contributed by atoms with Crippen molar-refractivity contribution in [2.75, 3.05) is 106 Å². The standard InChI is InChI=1S/C57H111NO12/c1-6-11-16-19-20-27-36-58(37-43-63-45-47-65-49-50-66-48-46-64-44-38-59)55(60)54(68-40-29-23-24-31-42-70-57(62)53(33-15-10-5)35-26-18-13-8-3)51-67-39-28-21-22-30-41-69-56(61)52(32-14-9-4)34-25-17-12-7-2/h52-54,59H,6-51H2,1-5H3. The summed E-state index contributed by atoms with van der Waals surface area (Å²) in [5, 5.41) is 8.79. The first-order valence-electron chi connectivity index (χ1n) is 29.1. The van der Waals surface area contributed by atoms with E-state index in [0.717, 1.165) is 135 Å². The molecular formula is C57H111NO12. The van der Waals surface area contributed by atoms with E-state index in [9.17, 15) is 14.4 Å². The van der Waals surface area contributed by atoms with Crippen molar-refractivity contribution in [1.82, 2.24) is 4.90 Å². The van der Waals surface area contributed by atoms with Gasteiger partial charge in [0.15, 0.2) is 6.10 Å². The van der Waals surface area contributed by atoms with Gasteiger partial charge in [0.1, 0.15) is 0 Å². The molecule has 0 aliphatic carbocycles. The van der Waals surface area contributed by atoms with E-state index in [1.54, 1.807) is 0 Å². The third-order valence-corrected chi connectivity index (χ3v) is 12.8. The van der Waals surface area contributed by atoms with Crippen LogP contribution in [0.15, 0.2) is 0 Å². The summed E-state index contributed by atoms with van der Waals surface area (Å²) in [4.78, 5) is 41.9. The van der Waals surface area contributed by atoms with E-state index in [4.69, 9.17) is 43.0 Å². The molecular weight excluding hydrogens is 891 g/mol. The van der Waals surface area contributed by atoms with Crippen LogP contribution in [0.1, 0.15) is 227 Å². The van der Waals surface area contributed by atoms with Crippen molar-refractivity contribution < 1.29 is 57.4 Å². The van der Waals surface area contributed by atoms with E-state index in [0.29, 0.717) is 92.4 Å². The predicted octanol–water partition coefficient (Wildman–Crippen LogP) is 12.4. The van der Waals surface area contributed by atoms with Gasteiger partial charge in [-0.15, -0.1) is 0 Å². The van der Waals surface area contributed by atoms with Crippen LogP contribution in [0.4, 0.5) is 0 Å². The minimum atomic E-state index is -0.710. The number of nitrogens with zero attached hydrogens (tertiary/aromatic N) is 1. The zero-order valence-electron chi connectivity index (χ0n) is 46.1. The molecule has 0 heterocycles. The average molecular weight is 1000 g/mol. The minimum Gasteiger partial charge on any atom is -0.465 e. The van der Waals surface area contributed by atoms with Gasteiger partial charge in [0.05, 0.1) is 91.1 Å². The van der Waals surface area contributed by atoms with Crippen molar-refractivity contribution in [3.8, 4) is 0 Å². The predicted molar refractivity (Wildman–Crippen MR) is 283 cm³/mol. The molecule has 0 fully saturated rings. The van der Waals surface area contributed by atoms with Crippen molar-refractivity contribution >= 4 is 17.8 Å². The molecule has 0 saturated carbocycles. The van der Waals surface area contributed by atoms with Gasteiger partial charge in [-0.1, -0.05) is 157 Å². The summed E-state index contributed by atoms with van der Waals surface area (Å²) in [6, 6.07) is 0. The van der Waals surface area contributed by atoms with Crippen molar-refractivity contribution in [1.29, 1.82) is 0 Å². The molecule has 416 valence electrons. The number of hydrogen-bond acceptors (Lipinski definition) is 12. The van der Waals surface area contributed by atoms with E-state index >= 15 is 0 Å². The van der Waals surface area contributed by atoms with Crippen LogP contribution in [0.3, 0.4) is 0 Å². The SMILES string of the molecule is CCCCCCCCN(CCOCCOCCOCCOCCO)C(=O)C(COCCCCCCOC(=O)C(CCCC)CCCCCC)OCCCCCCOC(=O)C(CCCC)CCCCCC. The lowest BCUT2D eigenvalue weighted by molar-refractivity contribution is -0.150. The van der Waals surface area contributed by atoms with Crippen LogP contribution in [0, 0.1) is 11.8 Å². The van der Waals surface area contributed by atoms with Gasteiger partial charge in [-0.2, -0.15) is 0 Å². The molecule has 0 bridgehead atoms. The molecule has 0 spiro atoms. The van der Waals surface area contributed by atoms with Crippen molar-refractivity contribution in [3.63, 3.8) is 0 Å². The molecule has 3 atom stereocenters. The molecule has 0 saturated heterocycles. The number of aliphatic hydroxyl groups excluding tert-OH is 1. The van der Waals surface area contributed by atoms with Gasteiger partial charge in [-0.25, -0.2) is 0 Å². The molecule has 70 heavy (non-hydrogen) atoms. The highest BCUT2D eigenvalue weighted by Gasteiger charge is 2.26. The van der Waals surface area contributed by atoms with Gasteiger partial charge in [0.2, 0.25) is 0 Å². The number of carbonyl (C=O) groups is 3. The van der Waals surface area contributed by atoms with E-state index in [-0.39, 0.29) is 42.9 Å². The van der Waals surface area contributed by atoms with Gasteiger partial charge in [-0.3, -0.25) is 14.4 Å². The van der Waals surface area contributed by atoms with Gasteiger partial charge >= 0.3 is 11.9 Å². The molecule has 0 rings (SSSR count). The fourth-order valence-corrected chi connectivity index (χ4v) is 8.32. The lowest BCUT2D eigenvalue weighted by Crippen LogP contribution is -2.45. The Kier molecular flexibility index (Phi) is 53.4. The highest BCUT2D eigenvalue weighted by molar-refractivity contribution is 5.81. The maximum atomic E-state index is 14.2. The van der Waals surface area contributed by atoms with Crippen LogP contribution in [-0.2, 0) is 52.3 Å². The molecule has 0 aromatic rings. The Hall–Kier alpha value is -1.87. The fraction of sp³-hybridized carbons (Fsp3) is 0.947. The molecule has 3 unspecified atom stereocenters. The molecule has 0 aromatic carbocycles. The normalized spacial score (nSPS) is 12.8. The first kappa shape index (κ1) is 68.1. The Morgan fingerprint density at radius 1 is 0.371 bits per heavy atom. The number of esters is 2. The largest absolute Gasteiger partial charge is 0.465 e. The quantitative estimate of drug-likeness (QED) is 0.0457. The number of unbranched alkanes of at least 4 members (excludes halogenated alkanes) is 19. The van der Waals surface area contributed by atoms with Crippen LogP contribution in [0.5, 0.6) is 0 Å². The maximum absolute atomic E-state index is 14.2. The number of amides is 1. The minimum absolute atomic E-state index is 0.00200. The first-order valence-corrected chi connectivity index (χ1v) is 29.1. The Balaban J connectivity index is 5.22. The molecule has 1 N–H and O–H groups in total. The Bertz CT molecular complexity index is 1120. The van der Waals surface area contributed by atoms with Gasteiger partial charge in [0, 0.05) is 26.3 Å².